The second-order valence-corrected chi connectivity index (χ2v) is 5.54. The molecule has 1 N–H and O–H groups in total. The molecule has 0 aliphatic carbocycles. The highest BCUT2D eigenvalue weighted by Crippen LogP contribution is 2.39. The van der Waals surface area contributed by atoms with Gasteiger partial charge < -0.3 is 10.1 Å². The lowest BCUT2D eigenvalue weighted by atomic mass is 9.78. The molecule has 1 heterocycles. The molecule has 0 bridgehead atoms. The van der Waals surface area contributed by atoms with E-state index in [9.17, 15) is 22.4 Å². The van der Waals surface area contributed by atoms with Crippen LogP contribution in [0, 0.1) is 11.7 Å². The predicted octanol–water partition coefficient (Wildman–Crippen LogP) is 3.15. The highest BCUT2D eigenvalue weighted by molar-refractivity contribution is 5.76. The Balaban J connectivity index is 2.34. The van der Waals surface area contributed by atoms with Crippen LogP contribution >= 0.6 is 0 Å². The van der Waals surface area contributed by atoms with Gasteiger partial charge >= 0.3 is 12.1 Å². The number of carbonyl (C=O) groups is 1. The Morgan fingerprint density at radius 2 is 1.91 bits per heavy atom. The zero-order valence-electron chi connectivity index (χ0n) is 12.0. The van der Waals surface area contributed by atoms with Crippen molar-refractivity contribution in [1.29, 1.82) is 0 Å². The average Bonchev–Trinajstić information content (AvgIpc) is 2.47. The fourth-order valence-electron chi connectivity index (χ4n) is 2.73. The molecule has 0 amide bonds. The van der Waals surface area contributed by atoms with Crippen molar-refractivity contribution in [3.8, 4) is 0 Å². The van der Waals surface area contributed by atoms with E-state index in [1.807, 2.05) is 0 Å². The van der Waals surface area contributed by atoms with E-state index in [1.165, 1.54) is 19.1 Å². The lowest BCUT2D eigenvalue weighted by molar-refractivity contribution is -0.219. The number of piperidine rings is 1. The van der Waals surface area contributed by atoms with Crippen LogP contribution in [-0.2, 0) is 15.1 Å². The van der Waals surface area contributed by atoms with Crippen LogP contribution in [0.2, 0.25) is 0 Å². The second kappa shape index (κ2) is 6.24. The maximum atomic E-state index is 13.1. The number of hydrogen-bond acceptors (Lipinski definition) is 3. The minimum Gasteiger partial charge on any atom is -0.447 e. The fraction of sp³-hybridized carbons (Fsp3) is 0.533. The zero-order chi connectivity index (χ0) is 16.4. The van der Waals surface area contributed by atoms with Crippen LogP contribution in [-0.4, -0.2) is 25.2 Å². The minimum absolute atomic E-state index is 0.321. The molecule has 22 heavy (non-hydrogen) atoms. The molecule has 1 aliphatic rings. The van der Waals surface area contributed by atoms with E-state index >= 15 is 0 Å². The normalized spacial score (nSPS) is 22.0. The minimum atomic E-state index is -5.07. The maximum Gasteiger partial charge on any atom is 0.490 e. The van der Waals surface area contributed by atoms with Gasteiger partial charge in [-0.05, 0) is 44.0 Å². The van der Waals surface area contributed by atoms with Gasteiger partial charge in [-0.15, -0.1) is 0 Å². The first-order valence-electron chi connectivity index (χ1n) is 7.00. The van der Waals surface area contributed by atoms with Crippen LogP contribution < -0.4 is 5.32 Å². The highest BCUT2D eigenvalue weighted by atomic mass is 19.4. The van der Waals surface area contributed by atoms with Gasteiger partial charge in [0.05, 0.1) is 0 Å². The summed E-state index contributed by atoms with van der Waals surface area (Å²) < 4.78 is 55.6. The van der Waals surface area contributed by atoms with Gasteiger partial charge in [-0.3, -0.25) is 0 Å². The van der Waals surface area contributed by atoms with Gasteiger partial charge in [0.1, 0.15) is 11.4 Å². The quantitative estimate of drug-likeness (QED) is 0.687. The van der Waals surface area contributed by atoms with Gasteiger partial charge in [-0.2, -0.15) is 13.2 Å². The monoisotopic (exact) mass is 319 g/mol. The molecule has 0 radical (unpaired) electrons. The molecule has 0 spiro atoms. The molecule has 122 valence electrons. The molecule has 1 aromatic carbocycles. The van der Waals surface area contributed by atoms with Crippen molar-refractivity contribution in [1.82, 2.24) is 5.32 Å². The van der Waals surface area contributed by atoms with Gasteiger partial charge in [0.25, 0.3) is 0 Å². The van der Waals surface area contributed by atoms with E-state index in [2.05, 4.69) is 5.32 Å². The summed E-state index contributed by atoms with van der Waals surface area (Å²) in [4.78, 5) is 11.3. The Morgan fingerprint density at radius 3 is 2.41 bits per heavy atom. The first-order chi connectivity index (χ1) is 10.2. The lowest BCUT2D eigenvalue weighted by Gasteiger charge is -2.40. The van der Waals surface area contributed by atoms with E-state index in [-0.39, 0.29) is 5.92 Å². The molecule has 2 rings (SSSR count). The first kappa shape index (κ1) is 16.7. The SMILES string of the molecule is CC(OC(=O)C(F)(F)F)(c1ccc(F)cc1)C1CCCNC1. The number of alkyl halides is 3. The van der Waals surface area contributed by atoms with Crippen LogP contribution in [0.1, 0.15) is 25.3 Å². The number of esters is 1. The smallest absolute Gasteiger partial charge is 0.447 e. The largest absolute Gasteiger partial charge is 0.490 e. The van der Waals surface area contributed by atoms with Gasteiger partial charge in [-0.1, -0.05) is 12.1 Å². The van der Waals surface area contributed by atoms with Crippen LogP contribution in [0.4, 0.5) is 17.6 Å². The topological polar surface area (TPSA) is 38.3 Å². The number of halogens is 4. The second-order valence-electron chi connectivity index (χ2n) is 5.54. The molecule has 1 aromatic rings. The van der Waals surface area contributed by atoms with Crippen molar-refractivity contribution < 1.29 is 27.1 Å². The summed E-state index contributed by atoms with van der Waals surface area (Å²) in [6.45, 7) is 2.64. The third-order valence-electron chi connectivity index (χ3n) is 4.03. The Kier molecular flexibility index (Phi) is 4.75. The molecule has 2 atom stereocenters. The maximum absolute atomic E-state index is 13.1. The zero-order valence-corrected chi connectivity index (χ0v) is 12.0. The molecular weight excluding hydrogens is 302 g/mol. The molecule has 7 heteroatoms. The van der Waals surface area contributed by atoms with Crippen LogP contribution in [0.15, 0.2) is 24.3 Å². The van der Waals surface area contributed by atoms with Crippen molar-refractivity contribution in [2.45, 2.75) is 31.5 Å². The molecule has 1 aliphatic heterocycles. The number of rotatable bonds is 3. The Hall–Kier alpha value is -1.63. The van der Waals surface area contributed by atoms with E-state index < -0.39 is 23.6 Å². The van der Waals surface area contributed by atoms with Crippen LogP contribution in [0.3, 0.4) is 0 Å². The number of ether oxygens (including phenoxy) is 1. The van der Waals surface area contributed by atoms with E-state index in [4.69, 9.17) is 4.74 Å². The Labute approximate surface area is 125 Å². The van der Waals surface area contributed by atoms with Crippen LogP contribution in [0.25, 0.3) is 0 Å². The van der Waals surface area contributed by atoms with E-state index in [1.54, 1.807) is 0 Å². The van der Waals surface area contributed by atoms with Crippen molar-refractivity contribution in [3.05, 3.63) is 35.6 Å². The molecule has 1 fully saturated rings. The fourth-order valence-corrected chi connectivity index (χ4v) is 2.73. The number of carbonyl (C=O) groups excluding carboxylic acids is 1. The van der Waals surface area contributed by atoms with Gasteiger partial charge in [0.2, 0.25) is 0 Å². The van der Waals surface area contributed by atoms with Gasteiger partial charge in [0, 0.05) is 12.5 Å². The number of hydrogen-bond donors (Lipinski definition) is 1. The first-order valence-corrected chi connectivity index (χ1v) is 7.00. The van der Waals surface area contributed by atoms with Crippen molar-refractivity contribution in [2.24, 2.45) is 5.92 Å². The Bertz CT molecular complexity index is 523. The van der Waals surface area contributed by atoms with Gasteiger partial charge in [-0.25, -0.2) is 9.18 Å². The highest BCUT2D eigenvalue weighted by Gasteiger charge is 2.48. The summed E-state index contributed by atoms with van der Waals surface area (Å²) in [5.41, 5.74) is -1.12. The van der Waals surface area contributed by atoms with Gasteiger partial charge in [0.15, 0.2) is 0 Å². The van der Waals surface area contributed by atoms with Crippen molar-refractivity contribution >= 4 is 5.97 Å². The summed E-state index contributed by atoms with van der Waals surface area (Å²) in [5.74, 6) is -3.06. The Morgan fingerprint density at radius 1 is 1.27 bits per heavy atom. The molecule has 1 saturated heterocycles. The van der Waals surface area contributed by atoms with E-state index in [0.29, 0.717) is 18.5 Å². The summed E-state index contributed by atoms with van der Waals surface area (Å²) in [5, 5.41) is 3.09. The molecule has 0 aromatic heterocycles. The van der Waals surface area contributed by atoms with Crippen molar-refractivity contribution in [2.75, 3.05) is 13.1 Å². The molecule has 2 unspecified atom stereocenters. The standard InChI is InChI=1S/C15H17F4NO2/c1-14(11-3-2-8-20-9-11,22-13(21)15(17,18)19)10-4-6-12(16)7-5-10/h4-7,11,20H,2-3,8-9H2,1H3. The molecule has 0 saturated carbocycles. The average molecular weight is 319 g/mol. The predicted molar refractivity (Wildman–Crippen MR) is 71.5 cm³/mol. The summed E-state index contributed by atoms with van der Waals surface area (Å²) in [6, 6.07) is 5.00. The van der Waals surface area contributed by atoms with Crippen molar-refractivity contribution in [3.63, 3.8) is 0 Å². The summed E-state index contributed by atoms with van der Waals surface area (Å²) >= 11 is 0. The van der Waals surface area contributed by atoms with E-state index in [0.717, 1.165) is 25.1 Å². The molecular formula is C15H17F4NO2. The third kappa shape index (κ3) is 3.58. The number of nitrogens with one attached hydrogen (secondary N) is 1. The lowest BCUT2D eigenvalue weighted by Crippen LogP contribution is -2.47. The van der Waals surface area contributed by atoms with Crippen LogP contribution in [0.5, 0.6) is 0 Å². The summed E-state index contributed by atoms with van der Waals surface area (Å²) in [7, 11) is 0. The third-order valence-corrected chi connectivity index (χ3v) is 4.03. The number of benzene rings is 1. The summed E-state index contributed by atoms with van der Waals surface area (Å²) in [6.07, 6.45) is -3.68. The molecule has 3 nitrogen and oxygen atoms in total.